The van der Waals surface area contributed by atoms with E-state index < -0.39 is 10.0 Å². The largest absolute Gasteiger partial charge is 0.454 e. The minimum atomic E-state index is -3.74. The SMILES string of the molecule is NS(=O)(=O)c1cccc(CNc2cc(Nc3ccc4c(c3)OCO4)ncn2)c1. The highest BCUT2D eigenvalue weighted by Gasteiger charge is 2.13. The normalized spacial score (nSPS) is 12.6. The second-order valence-electron chi connectivity index (χ2n) is 6.03. The molecule has 0 bridgehead atoms. The fourth-order valence-electron chi connectivity index (χ4n) is 2.67. The van der Waals surface area contributed by atoms with Gasteiger partial charge >= 0.3 is 0 Å². The summed E-state index contributed by atoms with van der Waals surface area (Å²) < 4.78 is 33.6. The van der Waals surface area contributed by atoms with Crippen LogP contribution in [-0.4, -0.2) is 25.2 Å². The van der Waals surface area contributed by atoms with Gasteiger partial charge < -0.3 is 20.1 Å². The molecule has 2 heterocycles. The van der Waals surface area contributed by atoms with Crippen LogP contribution in [0.2, 0.25) is 0 Å². The van der Waals surface area contributed by atoms with E-state index in [2.05, 4.69) is 20.6 Å². The summed E-state index contributed by atoms with van der Waals surface area (Å²) in [5.41, 5.74) is 1.56. The lowest BCUT2D eigenvalue weighted by Gasteiger charge is -2.10. The minimum Gasteiger partial charge on any atom is -0.454 e. The van der Waals surface area contributed by atoms with Crippen molar-refractivity contribution >= 4 is 27.3 Å². The molecule has 0 spiro atoms. The Balaban J connectivity index is 1.44. The Morgan fingerprint density at radius 1 is 1.00 bits per heavy atom. The molecule has 0 radical (unpaired) electrons. The summed E-state index contributed by atoms with van der Waals surface area (Å²) in [4.78, 5) is 8.44. The first-order valence-corrected chi connectivity index (χ1v) is 9.86. The molecule has 2 aromatic carbocycles. The van der Waals surface area contributed by atoms with Crippen molar-refractivity contribution in [1.82, 2.24) is 9.97 Å². The number of aromatic nitrogens is 2. The van der Waals surface area contributed by atoms with Crippen molar-refractivity contribution in [2.75, 3.05) is 17.4 Å². The highest BCUT2D eigenvalue weighted by Crippen LogP contribution is 2.35. The number of benzene rings is 2. The summed E-state index contributed by atoms with van der Waals surface area (Å²) in [6.07, 6.45) is 1.43. The van der Waals surface area contributed by atoms with Gasteiger partial charge in [-0.25, -0.2) is 23.5 Å². The number of ether oxygens (including phenoxy) is 2. The van der Waals surface area contributed by atoms with Crippen LogP contribution < -0.4 is 25.2 Å². The van der Waals surface area contributed by atoms with Crippen LogP contribution in [0.1, 0.15) is 5.56 Å². The van der Waals surface area contributed by atoms with E-state index in [1.807, 2.05) is 18.2 Å². The lowest BCUT2D eigenvalue weighted by Crippen LogP contribution is -2.12. The van der Waals surface area contributed by atoms with Crippen LogP contribution in [0, 0.1) is 0 Å². The third kappa shape index (κ3) is 4.13. The molecule has 0 atom stereocenters. The summed E-state index contributed by atoms with van der Waals surface area (Å²) in [6, 6.07) is 13.7. The van der Waals surface area contributed by atoms with Crippen LogP contribution in [0.4, 0.5) is 17.3 Å². The maximum Gasteiger partial charge on any atom is 0.238 e. The molecule has 9 nitrogen and oxygen atoms in total. The standard InChI is InChI=1S/C18H17N5O4S/c19-28(24,25)14-3-1-2-12(6-14)9-20-17-8-18(22-10-21-17)23-13-4-5-15-16(7-13)27-11-26-15/h1-8,10H,9,11H2,(H2,19,24,25)(H2,20,21,22,23). The van der Waals surface area contributed by atoms with Gasteiger partial charge in [0.25, 0.3) is 0 Å². The quantitative estimate of drug-likeness (QED) is 0.575. The second kappa shape index (κ2) is 7.33. The van der Waals surface area contributed by atoms with Crippen LogP contribution in [-0.2, 0) is 16.6 Å². The average Bonchev–Trinajstić information content (AvgIpc) is 3.14. The number of nitrogens with two attached hydrogens (primary N) is 1. The molecule has 0 unspecified atom stereocenters. The van der Waals surface area contributed by atoms with Gasteiger partial charge in [-0.1, -0.05) is 12.1 Å². The third-order valence-corrected chi connectivity index (χ3v) is 4.92. The third-order valence-electron chi connectivity index (χ3n) is 4.01. The van der Waals surface area contributed by atoms with E-state index in [0.717, 1.165) is 11.3 Å². The molecule has 0 aliphatic carbocycles. The number of anilines is 3. The molecule has 10 heteroatoms. The Morgan fingerprint density at radius 3 is 2.68 bits per heavy atom. The van der Waals surface area contributed by atoms with Gasteiger partial charge in [0.15, 0.2) is 11.5 Å². The van der Waals surface area contributed by atoms with Gasteiger partial charge in [0, 0.05) is 24.4 Å². The van der Waals surface area contributed by atoms with E-state index in [0.29, 0.717) is 29.7 Å². The van der Waals surface area contributed by atoms with Crippen LogP contribution in [0.15, 0.2) is 59.8 Å². The van der Waals surface area contributed by atoms with Crippen LogP contribution >= 0.6 is 0 Å². The van der Waals surface area contributed by atoms with Crippen LogP contribution in [0.3, 0.4) is 0 Å². The Hall–Kier alpha value is -3.37. The van der Waals surface area contributed by atoms with E-state index in [-0.39, 0.29) is 11.7 Å². The molecule has 0 saturated heterocycles. The zero-order chi connectivity index (χ0) is 19.6. The number of hydrogen-bond acceptors (Lipinski definition) is 8. The molecule has 1 aliphatic rings. The van der Waals surface area contributed by atoms with Gasteiger partial charge in [0.1, 0.15) is 18.0 Å². The molecule has 144 valence electrons. The van der Waals surface area contributed by atoms with Crippen molar-refractivity contribution in [2.45, 2.75) is 11.4 Å². The van der Waals surface area contributed by atoms with Crippen LogP contribution in [0.5, 0.6) is 11.5 Å². The van der Waals surface area contributed by atoms with Crippen molar-refractivity contribution in [3.63, 3.8) is 0 Å². The lowest BCUT2D eigenvalue weighted by atomic mass is 10.2. The molecular formula is C18H17N5O4S. The first-order chi connectivity index (χ1) is 13.5. The number of nitrogens with zero attached hydrogens (tertiary/aromatic N) is 2. The number of hydrogen-bond donors (Lipinski definition) is 3. The first kappa shape index (κ1) is 18.0. The Bertz CT molecular complexity index is 1120. The molecule has 0 amide bonds. The van der Waals surface area contributed by atoms with E-state index in [9.17, 15) is 8.42 Å². The second-order valence-corrected chi connectivity index (χ2v) is 7.59. The number of sulfonamides is 1. The molecule has 1 aromatic heterocycles. The Morgan fingerprint density at radius 2 is 1.82 bits per heavy atom. The number of rotatable bonds is 6. The molecule has 0 saturated carbocycles. The maximum absolute atomic E-state index is 11.5. The molecule has 4 rings (SSSR count). The molecule has 0 fully saturated rings. The molecule has 3 aromatic rings. The monoisotopic (exact) mass is 399 g/mol. The topological polar surface area (TPSA) is 128 Å². The van der Waals surface area contributed by atoms with Gasteiger partial charge in [0.2, 0.25) is 16.8 Å². The van der Waals surface area contributed by atoms with E-state index in [1.165, 1.54) is 18.5 Å². The number of nitrogens with one attached hydrogen (secondary N) is 2. The summed E-state index contributed by atoms with van der Waals surface area (Å²) in [7, 11) is -3.74. The summed E-state index contributed by atoms with van der Waals surface area (Å²) in [5.74, 6) is 2.55. The van der Waals surface area contributed by atoms with Gasteiger partial charge in [-0.15, -0.1) is 0 Å². The Kier molecular flexibility index (Phi) is 4.72. The summed E-state index contributed by atoms with van der Waals surface area (Å²) in [6.45, 7) is 0.594. The van der Waals surface area contributed by atoms with Crippen molar-refractivity contribution < 1.29 is 17.9 Å². The molecule has 28 heavy (non-hydrogen) atoms. The fourth-order valence-corrected chi connectivity index (χ4v) is 3.25. The maximum atomic E-state index is 11.5. The Labute approximate surface area is 161 Å². The van der Waals surface area contributed by atoms with E-state index in [1.54, 1.807) is 18.2 Å². The van der Waals surface area contributed by atoms with Crippen molar-refractivity contribution in [3.05, 3.63) is 60.4 Å². The molecule has 4 N–H and O–H groups in total. The van der Waals surface area contributed by atoms with E-state index >= 15 is 0 Å². The minimum absolute atomic E-state index is 0.0691. The average molecular weight is 399 g/mol. The number of primary sulfonamides is 1. The van der Waals surface area contributed by atoms with Gasteiger partial charge in [-0.3, -0.25) is 0 Å². The number of fused-ring (bicyclic) bond motifs is 1. The molecular weight excluding hydrogens is 382 g/mol. The lowest BCUT2D eigenvalue weighted by molar-refractivity contribution is 0.174. The predicted octanol–water partition coefficient (Wildman–Crippen LogP) is 2.21. The molecule has 1 aliphatic heterocycles. The van der Waals surface area contributed by atoms with Crippen LogP contribution in [0.25, 0.3) is 0 Å². The fraction of sp³-hybridized carbons (Fsp3) is 0.111. The van der Waals surface area contributed by atoms with Gasteiger partial charge in [-0.05, 0) is 29.8 Å². The van der Waals surface area contributed by atoms with Crippen molar-refractivity contribution in [1.29, 1.82) is 0 Å². The first-order valence-electron chi connectivity index (χ1n) is 8.32. The predicted molar refractivity (Wildman–Crippen MR) is 103 cm³/mol. The summed E-state index contributed by atoms with van der Waals surface area (Å²) in [5, 5.41) is 11.5. The highest BCUT2D eigenvalue weighted by atomic mass is 32.2. The highest BCUT2D eigenvalue weighted by molar-refractivity contribution is 7.89. The zero-order valence-electron chi connectivity index (χ0n) is 14.6. The van der Waals surface area contributed by atoms with E-state index in [4.69, 9.17) is 14.6 Å². The zero-order valence-corrected chi connectivity index (χ0v) is 15.4. The van der Waals surface area contributed by atoms with Crippen molar-refractivity contribution in [2.24, 2.45) is 5.14 Å². The van der Waals surface area contributed by atoms with Gasteiger partial charge in [-0.2, -0.15) is 0 Å². The van der Waals surface area contributed by atoms with Gasteiger partial charge in [0.05, 0.1) is 4.90 Å². The smallest absolute Gasteiger partial charge is 0.238 e. The van der Waals surface area contributed by atoms with Crippen molar-refractivity contribution in [3.8, 4) is 11.5 Å². The summed E-state index contributed by atoms with van der Waals surface area (Å²) >= 11 is 0.